The summed E-state index contributed by atoms with van der Waals surface area (Å²) in [4.78, 5) is 16.8. The van der Waals surface area contributed by atoms with Crippen molar-refractivity contribution in [3.63, 3.8) is 0 Å². The third-order valence-corrected chi connectivity index (χ3v) is 4.26. The van der Waals surface area contributed by atoms with E-state index in [1.165, 1.54) is 24.4 Å². The second-order valence-electron chi connectivity index (χ2n) is 6.36. The van der Waals surface area contributed by atoms with Crippen LogP contribution in [0.4, 0.5) is 29.1 Å². The molecule has 9 heteroatoms. The van der Waals surface area contributed by atoms with Gasteiger partial charge in [0.25, 0.3) is 5.91 Å². The fraction of sp³-hybridized carbons (Fsp3) is 0.143. The Hall–Kier alpha value is -3.46. The number of nitrogens with one attached hydrogen (secondary N) is 2. The smallest absolute Gasteiger partial charge is 0.392 e. The molecule has 0 bridgehead atoms. The molecule has 30 heavy (non-hydrogen) atoms. The first-order valence-electron chi connectivity index (χ1n) is 8.83. The van der Waals surface area contributed by atoms with Gasteiger partial charge in [-0.25, -0.2) is 9.37 Å². The molecule has 1 heterocycles. The molecule has 0 saturated heterocycles. The largest absolute Gasteiger partial charge is 0.416 e. The van der Waals surface area contributed by atoms with E-state index in [2.05, 4.69) is 15.6 Å². The van der Waals surface area contributed by atoms with E-state index in [-0.39, 0.29) is 35.0 Å². The van der Waals surface area contributed by atoms with E-state index in [1.807, 2.05) is 0 Å². The van der Waals surface area contributed by atoms with E-state index in [9.17, 15) is 27.5 Å². The maximum atomic E-state index is 13.0. The molecule has 0 atom stereocenters. The SMILES string of the molecule is O=C(Nc1ccc(C(F)(F)F)c(CO)c1)c1cccnc1NCc1ccc(F)cc1. The molecule has 1 amide bonds. The van der Waals surface area contributed by atoms with Crippen molar-refractivity contribution in [1.82, 2.24) is 4.98 Å². The zero-order valence-corrected chi connectivity index (χ0v) is 15.5. The fourth-order valence-electron chi connectivity index (χ4n) is 2.79. The highest BCUT2D eigenvalue weighted by Gasteiger charge is 2.33. The number of pyridine rings is 1. The average molecular weight is 419 g/mol. The zero-order chi connectivity index (χ0) is 21.7. The van der Waals surface area contributed by atoms with Crippen molar-refractivity contribution in [1.29, 1.82) is 0 Å². The Balaban J connectivity index is 1.77. The van der Waals surface area contributed by atoms with Crippen LogP contribution in [-0.4, -0.2) is 16.0 Å². The topological polar surface area (TPSA) is 74.2 Å². The maximum Gasteiger partial charge on any atom is 0.416 e. The number of nitrogens with zero attached hydrogens (tertiary/aromatic N) is 1. The molecule has 3 rings (SSSR count). The van der Waals surface area contributed by atoms with Crippen LogP contribution in [0, 0.1) is 5.82 Å². The van der Waals surface area contributed by atoms with Gasteiger partial charge in [-0.3, -0.25) is 4.79 Å². The number of alkyl halides is 3. The van der Waals surface area contributed by atoms with Gasteiger partial charge in [0.1, 0.15) is 11.6 Å². The van der Waals surface area contributed by atoms with Crippen LogP contribution in [0.3, 0.4) is 0 Å². The molecule has 2 aromatic carbocycles. The summed E-state index contributed by atoms with van der Waals surface area (Å²) < 4.78 is 51.9. The summed E-state index contributed by atoms with van der Waals surface area (Å²) in [5.74, 6) is -0.697. The standard InChI is InChI=1S/C21H17F4N3O2/c22-15-5-3-13(4-6-15)11-27-19-17(2-1-9-26-19)20(30)28-16-7-8-18(21(23,24)25)14(10-16)12-29/h1-10,29H,11-12H2,(H,26,27)(H,28,30). The Kier molecular flexibility index (Phi) is 6.31. The molecule has 0 aliphatic rings. The van der Waals surface area contributed by atoms with Crippen molar-refractivity contribution in [2.24, 2.45) is 0 Å². The van der Waals surface area contributed by atoms with Crippen LogP contribution in [0.25, 0.3) is 0 Å². The second kappa shape index (κ2) is 8.91. The molecule has 156 valence electrons. The first kappa shape index (κ1) is 21.3. The van der Waals surface area contributed by atoms with Crippen LogP contribution in [0.2, 0.25) is 0 Å². The average Bonchev–Trinajstić information content (AvgIpc) is 2.72. The second-order valence-corrected chi connectivity index (χ2v) is 6.36. The first-order chi connectivity index (χ1) is 14.3. The van der Waals surface area contributed by atoms with Crippen LogP contribution in [0.15, 0.2) is 60.8 Å². The predicted molar refractivity (Wildman–Crippen MR) is 103 cm³/mol. The Labute approximate surface area is 169 Å². The molecule has 5 nitrogen and oxygen atoms in total. The Morgan fingerprint density at radius 3 is 2.47 bits per heavy atom. The summed E-state index contributed by atoms with van der Waals surface area (Å²) in [6.45, 7) is -0.539. The van der Waals surface area contributed by atoms with Gasteiger partial charge in [0.15, 0.2) is 0 Å². The van der Waals surface area contributed by atoms with Crippen LogP contribution >= 0.6 is 0 Å². The van der Waals surface area contributed by atoms with Crippen LogP contribution in [0.5, 0.6) is 0 Å². The number of aliphatic hydroxyl groups excluding tert-OH is 1. The lowest BCUT2D eigenvalue weighted by Gasteiger charge is -2.14. The molecule has 1 aromatic heterocycles. The van der Waals surface area contributed by atoms with Gasteiger partial charge < -0.3 is 15.7 Å². The first-order valence-corrected chi connectivity index (χ1v) is 8.83. The molecule has 3 N–H and O–H groups in total. The summed E-state index contributed by atoms with van der Waals surface area (Å²) in [6, 6.07) is 11.8. The van der Waals surface area contributed by atoms with Crippen molar-refractivity contribution in [3.8, 4) is 0 Å². The van der Waals surface area contributed by atoms with Crippen molar-refractivity contribution in [2.45, 2.75) is 19.3 Å². The van der Waals surface area contributed by atoms with E-state index >= 15 is 0 Å². The van der Waals surface area contributed by atoms with Gasteiger partial charge in [-0.2, -0.15) is 13.2 Å². The van der Waals surface area contributed by atoms with Gasteiger partial charge >= 0.3 is 6.18 Å². The van der Waals surface area contributed by atoms with E-state index in [0.29, 0.717) is 0 Å². The van der Waals surface area contributed by atoms with Crippen LogP contribution < -0.4 is 10.6 Å². The number of anilines is 2. The highest BCUT2D eigenvalue weighted by atomic mass is 19.4. The summed E-state index contributed by atoms with van der Waals surface area (Å²) in [7, 11) is 0. The number of carbonyl (C=O) groups is 1. The summed E-state index contributed by atoms with van der Waals surface area (Å²) >= 11 is 0. The van der Waals surface area contributed by atoms with Gasteiger partial charge in [-0.1, -0.05) is 12.1 Å². The summed E-state index contributed by atoms with van der Waals surface area (Å²) in [5.41, 5.74) is -0.272. The molecule has 0 spiro atoms. The normalized spacial score (nSPS) is 11.2. The lowest BCUT2D eigenvalue weighted by atomic mass is 10.1. The zero-order valence-electron chi connectivity index (χ0n) is 15.5. The molecule has 0 fully saturated rings. The minimum absolute atomic E-state index is 0.102. The molecule has 0 saturated carbocycles. The summed E-state index contributed by atoms with van der Waals surface area (Å²) in [6.07, 6.45) is -3.13. The molecule has 0 unspecified atom stereocenters. The minimum Gasteiger partial charge on any atom is -0.392 e. The van der Waals surface area contributed by atoms with E-state index in [1.54, 1.807) is 18.2 Å². The molecule has 3 aromatic rings. The Morgan fingerprint density at radius 1 is 1.07 bits per heavy atom. The fourth-order valence-corrected chi connectivity index (χ4v) is 2.79. The van der Waals surface area contributed by atoms with E-state index < -0.39 is 24.3 Å². The van der Waals surface area contributed by atoms with Crippen molar-refractivity contribution in [2.75, 3.05) is 10.6 Å². The molecule has 0 aliphatic heterocycles. The number of benzene rings is 2. The van der Waals surface area contributed by atoms with Crippen molar-refractivity contribution < 1.29 is 27.5 Å². The van der Waals surface area contributed by atoms with Crippen LogP contribution in [-0.2, 0) is 19.3 Å². The van der Waals surface area contributed by atoms with Crippen molar-refractivity contribution >= 4 is 17.4 Å². The number of hydrogen-bond acceptors (Lipinski definition) is 4. The Bertz CT molecular complexity index is 1040. The molecular formula is C21H17F4N3O2. The number of halogens is 4. The summed E-state index contributed by atoms with van der Waals surface area (Å²) in [5, 5.41) is 14.7. The number of rotatable bonds is 6. The lowest BCUT2D eigenvalue weighted by molar-refractivity contribution is -0.138. The number of amides is 1. The molecule has 0 aliphatic carbocycles. The molecular weight excluding hydrogens is 402 g/mol. The van der Waals surface area contributed by atoms with Gasteiger partial charge in [-0.05, 0) is 53.6 Å². The van der Waals surface area contributed by atoms with Gasteiger partial charge in [0.05, 0.1) is 17.7 Å². The third-order valence-electron chi connectivity index (χ3n) is 4.26. The van der Waals surface area contributed by atoms with Crippen molar-refractivity contribution in [3.05, 3.63) is 88.9 Å². The third kappa shape index (κ3) is 5.12. The monoisotopic (exact) mass is 419 g/mol. The highest BCUT2D eigenvalue weighted by Crippen LogP contribution is 2.33. The van der Waals surface area contributed by atoms with Gasteiger partial charge in [0, 0.05) is 18.4 Å². The maximum absolute atomic E-state index is 13.0. The van der Waals surface area contributed by atoms with Gasteiger partial charge in [0.2, 0.25) is 0 Å². The predicted octanol–water partition coefficient (Wildman–Crippen LogP) is 4.60. The lowest BCUT2D eigenvalue weighted by Crippen LogP contribution is -2.16. The number of carbonyl (C=O) groups excluding carboxylic acids is 1. The molecule has 0 radical (unpaired) electrons. The van der Waals surface area contributed by atoms with Gasteiger partial charge in [-0.15, -0.1) is 0 Å². The number of aromatic nitrogens is 1. The Morgan fingerprint density at radius 2 is 1.80 bits per heavy atom. The highest BCUT2D eigenvalue weighted by molar-refractivity contribution is 6.07. The number of aliphatic hydroxyl groups is 1. The minimum atomic E-state index is -4.61. The van der Waals surface area contributed by atoms with Crippen LogP contribution in [0.1, 0.15) is 27.0 Å². The van der Waals surface area contributed by atoms with E-state index in [4.69, 9.17) is 0 Å². The quantitative estimate of drug-likeness (QED) is 0.511. The number of hydrogen-bond donors (Lipinski definition) is 3. The van der Waals surface area contributed by atoms with E-state index in [0.717, 1.165) is 23.8 Å².